The monoisotopic (exact) mass is 444 g/mol. The molecule has 0 bridgehead atoms. The van der Waals surface area contributed by atoms with Gasteiger partial charge in [-0.2, -0.15) is 5.26 Å². The van der Waals surface area contributed by atoms with Crippen molar-refractivity contribution in [3.05, 3.63) is 101 Å². The van der Waals surface area contributed by atoms with Gasteiger partial charge >= 0.3 is 0 Å². The van der Waals surface area contributed by atoms with Crippen LogP contribution in [0.1, 0.15) is 35.1 Å². The van der Waals surface area contributed by atoms with Crippen LogP contribution in [-0.2, 0) is 25.4 Å². The Morgan fingerprint density at radius 2 is 1.30 bits per heavy atom. The fourth-order valence-electron chi connectivity index (χ4n) is 4.28. The first-order valence-corrected chi connectivity index (χ1v) is 10.9. The molecule has 0 saturated carbocycles. The number of fused-ring (bicyclic) bond motifs is 1. The number of aromatic nitrogens is 1. The maximum Gasteiger partial charge on any atom is 0.184 e. The van der Waals surface area contributed by atoms with E-state index < -0.39 is 37.0 Å². The van der Waals surface area contributed by atoms with Crippen LogP contribution in [0.4, 0.5) is 0 Å². The van der Waals surface area contributed by atoms with Crippen molar-refractivity contribution >= 4 is 0 Å². The predicted molar refractivity (Wildman–Crippen MR) is 118 cm³/mol. The summed E-state index contributed by atoms with van der Waals surface area (Å²) in [6, 6.07) is 26.6. The minimum absolute atomic E-state index is 0.218. The number of aliphatic hydroxyl groups is 1. The van der Waals surface area contributed by atoms with E-state index in [-0.39, 0.29) is 6.61 Å². The molecule has 2 aromatic carbocycles. The molecule has 0 radical (unpaired) electrons. The summed E-state index contributed by atoms with van der Waals surface area (Å²) in [4.78, 5) is 4.42. The van der Waals surface area contributed by atoms with E-state index in [4.69, 9.17) is 18.9 Å². The van der Waals surface area contributed by atoms with Crippen molar-refractivity contribution < 1.29 is 24.1 Å². The minimum Gasteiger partial charge on any atom is -0.394 e. The van der Waals surface area contributed by atoms with E-state index in [1.54, 1.807) is 12.1 Å². The Labute approximate surface area is 192 Å². The number of rotatable bonds is 5. The van der Waals surface area contributed by atoms with Gasteiger partial charge < -0.3 is 24.1 Å². The lowest BCUT2D eigenvalue weighted by Crippen LogP contribution is -2.59. The summed E-state index contributed by atoms with van der Waals surface area (Å²) in [6.07, 6.45) is -2.96. The third-order valence-corrected chi connectivity index (χ3v) is 5.87. The van der Waals surface area contributed by atoms with Crippen molar-refractivity contribution in [2.75, 3.05) is 6.61 Å². The molecule has 3 aromatic rings. The van der Waals surface area contributed by atoms with Crippen molar-refractivity contribution in [3.63, 3.8) is 0 Å². The third-order valence-electron chi connectivity index (χ3n) is 5.87. The second-order valence-corrected chi connectivity index (χ2v) is 8.05. The number of benzene rings is 2. The van der Waals surface area contributed by atoms with Gasteiger partial charge in [-0.25, -0.2) is 4.98 Å². The molecule has 1 aromatic heterocycles. The highest BCUT2D eigenvalue weighted by Gasteiger charge is 2.50. The van der Waals surface area contributed by atoms with Crippen LogP contribution in [0.3, 0.4) is 0 Å². The molecule has 7 nitrogen and oxygen atoms in total. The fourth-order valence-corrected chi connectivity index (χ4v) is 4.28. The maximum absolute atomic E-state index is 10.1. The van der Waals surface area contributed by atoms with E-state index in [0.29, 0.717) is 12.1 Å². The zero-order chi connectivity index (χ0) is 22.6. The molecule has 3 heterocycles. The quantitative estimate of drug-likeness (QED) is 0.644. The van der Waals surface area contributed by atoms with Crippen molar-refractivity contribution in [2.24, 2.45) is 0 Å². The molecule has 33 heavy (non-hydrogen) atoms. The number of aliphatic hydroxyl groups excluding tert-OH is 1. The summed E-state index contributed by atoms with van der Waals surface area (Å²) in [5.74, 6) is 0. The molecule has 2 saturated heterocycles. The van der Waals surface area contributed by atoms with E-state index in [1.165, 1.54) is 0 Å². The SMILES string of the molecule is N#Cc1cccc(CC2OC(c3ccccc3)OC3C(CO)OC(c4ccccc4)OC23)n1. The molecule has 2 aliphatic heterocycles. The Morgan fingerprint density at radius 3 is 1.88 bits per heavy atom. The van der Waals surface area contributed by atoms with Crippen LogP contribution >= 0.6 is 0 Å². The largest absolute Gasteiger partial charge is 0.394 e. The standard InChI is InChI=1S/C26H24N2O5/c27-15-20-13-7-12-19(28-20)14-21-23-24(33-25(30-21)17-8-3-1-4-9-17)22(16-29)31-26(32-23)18-10-5-2-6-11-18/h1-13,21-26,29H,14,16H2. The van der Waals surface area contributed by atoms with Gasteiger partial charge in [0.05, 0.1) is 12.7 Å². The van der Waals surface area contributed by atoms with Gasteiger partial charge in [-0.3, -0.25) is 0 Å². The maximum atomic E-state index is 10.1. The van der Waals surface area contributed by atoms with Crippen molar-refractivity contribution in [2.45, 2.75) is 43.4 Å². The van der Waals surface area contributed by atoms with E-state index in [1.807, 2.05) is 66.7 Å². The number of ether oxygens (including phenoxy) is 4. The molecular formula is C26H24N2O5. The second kappa shape index (κ2) is 9.79. The van der Waals surface area contributed by atoms with Crippen LogP contribution in [0, 0.1) is 11.3 Å². The lowest BCUT2D eigenvalue weighted by atomic mass is 9.95. The highest BCUT2D eigenvalue weighted by molar-refractivity contribution is 5.23. The summed E-state index contributed by atoms with van der Waals surface area (Å²) in [7, 11) is 0. The van der Waals surface area contributed by atoms with Crippen LogP contribution < -0.4 is 0 Å². The number of nitrogens with zero attached hydrogens (tertiary/aromatic N) is 2. The summed E-state index contributed by atoms with van der Waals surface area (Å²) >= 11 is 0. The molecule has 0 amide bonds. The van der Waals surface area contributed by atoms with Gasteiger partial charge in [0.25, 0.3) is 0 Å². The first kappa shape index (κ1) is 21.7. The van der Waals surface area contributed by atoms with Crippen LogP contribution in [0.25, 0.3) is 0 Å². The highest BCUT2D eigenvalue weighted by Crippen LogP contribution is 2.41. The first-order valence-electron chi connectivity index (χ1n) is 10.9. The average molecular weight is 444 g/mol. The number of hydrogen-bond donors (Lipinski definition) is 1. The van der Waals surface area contributed by atoms with E-state index in [9.17, 15) is 10.4 Å². The minimum atomic E-state index is -0.661. The number of pyridine rings is 1. The van der Waals surface area contributed by atoms with Crippen LogP contribution in [0.15, 0.2) is 78.9 Å². The Balaban J connectivity index is 1.47. The lowest BCUT2D eigenvalue weighted by Gasteiger charge is -2.49. The zero-order valence-electron chi connectivity index (χ0n) is 17.9. The molecule has 1 N–H and O–H groups in total. The van der Waals surface area contributed by atoms with E-state index in [0.717, 1.165) is 16.8 Å². The Morgan fingerprint density at radius 1 is 0.727 bits per heavy atom. The Hall–Kier alpha value is -3.12. The average Bonchev–Trinajstić information content (AvgIpc) is 2.89. The van der Waals surface area contributed by atoms with Gasteiger partial charge in [-0.05, 0) is 12.1 Å². The third kappa shape index (κ3) is 4.67. The molecule has 7 heteroatoms. The molecule has 6 unspecified atom stereocenters. The van der Waals surface area contributed by atoms with Gasteiger partial charge in [0.2, 0.25) is 0 Å². The second-order valence-electron chi connectivity index (χ2n) is 8.05. The molecule has 2 fully saturated rings. The summed E-state index contributed by atoms with van der Waals surface area (Å²) in [5.41, 5.74) is 2.78. The topological polar surface area (TPSA) is 93.8 Å². The fraction of sp³-hybridized carbons (Fsp3) is 0.308. The molecule has 0 aliphatic carbocycles. The van der Waals surface area contributed by atoms with Crippen LogP contribution in [0.5, 0.6) is 0 Å². The molecule has 168 valence electrons. The van der Waals surface area contributed by atoms with Gasteiger partial charge in [0.15, 0.2) is 12.6 Å². The summed E-state index contributed by atoms with van der Waals surface area (Å²) < 4.78 is 25.1. The van der Waals surface area contributed by atoms with Gasteiger partial charge in [-0.15, -0.1) is 0 Å². The number of hydrogen-bond acceptors (Lipinski definition) is 7. The smallest absolute Gasteiger partial charge is 0.184 e. The normalized spacial score (nSPS) is 29.1. The lowest BCUT2D eigenvalue weighted by molar-refractivity contribution is -0.384. The first-order chi connectivity index (χ1) is 16.2. The van der Waals surface area contributed by atoms with Crippen LogP contribution in [-0.4, -0.2) is 41.1 Å². The van der Waals surface area contributed by atoms with Gasteiger partial charge in [0, 0.05) is 23.2 Å². The van der Waals surface area contributed by atoms with Crippen molar-refractivity contribution in [1.29, 1.82) is 5.26 Å². The molecule has 0 spiro atoms. The molecule has 6 atom stereocenters. The highest BCUT2D eigenvalue weighted by atomic mass is 16.8. The zero-order valence-corrected chi connectivity index (χ0v) is 17.9. The van der Waals surface area contributed by atoms with Gasteiger partial charge in [0.1, 0.15) is 30.1 Å². The Bertz CT molecular complexity index is 1100. The molecule has 2 aliphatic rings. The molecule has 5 rings (SSSR count). The van der Waals surface area contributed by atoms with E-state index >= 15 is 0 Å². The molecular weight excluding hydrogens is 420 g/mol. The van der Waals surface area contributed by atoms with Crippen LogP contribution in [0.2, 0.25) is 0 Å². The Kier molecular flexibility index (Phi) is 6.44. The summed E-state index contributed by atoms with van der Waals surface area (Å²) in [5, 5.41) is 19.4. The predicted octanol–water partition coefficient (Wildman–Crippen LogP) is 3.45. The number of nitriles is 1. The van der Waals surface area contributed by atoms with Crippen molar-refractivity contribution in [1.82, 2.24) is 4.98 Å². The van der Waals surface area contributed by atoms with Crippen molar-refractivity contribution in [3.8, 4) is 6.07 Å². The summed E-state index contributed by atoms with van der Waals surface area (Å²) in [6.45, 7) is -0.218. The van der Waals surface area contributed by atoms with E-state index in [2.05, 4.69) is 11.1 Å². The van der Waals surface area contributed by atoms with Gasteiger partial charge in [-0.1, -0.05) is 66.7 Å².